The molecular weight excluding hydrogens is 360 g/mol. The van der Waals surface area contributed by atoms with Gasteiger partial charge in [-0.15, -0.1) is 0 Å². The molecule has 3 aromatic carbocycles. The van der Waals surface area contributed by atoms with Gasteiger partial charge in [-0.05, 0) is 22.1 Å². The molecule has 138 valence electrons. The lowest BCUT2D eigenvalue weighted by atomic mass is 9.94. The fraction of sp³-hybridized carbons (Fsp3) is 0.0526. The number of hydrogen-bond acceptors (Lipinski definition) is 7. The lowest BCUT2D eigenvalue weighted by Crippen LogP contribution is -2.07. The van der Waals surface area contributed by atoms with E-state index in [1.54, 1.807) is 12.1 Å². The number of aliphatic hydroxyl groups is 1. The van der Waals surface area contributed by atoms with Crippen molar-refractivity contribution in [3.63, 3.8) is 0 Å². The van der Waals surface area contributed by atoms with E-state index < -0.39 is 11.6 Å². The minimum absolute atomic E-state index is 0.0214. The van der Waals surface area contributed by atoms with Crippen LogP contribution < -0.4 is 9.82 Å². The Morgan fingerprint density at radius 1 is 0.750 bits per heavy atom. The first-order valence-corrected chi connectivity index (χ1v) is 7.95. The minimum atomic E-state index is -0.437. The largest absolute Gasteiger partial charge is 0.392 e. The SMILES string of the molecule is N=[N+]=N.N=[N+]=N.O=C1C(=O)c2c(-c3ccc(CO)cc3)ccc3cccc1c23. The maximum atomic E-state index is 12.4. The number of Topliss-reactive ketones (excluding diaryl/α,β-unsaturated/α-hetero) is 2. The van der Waals surface area contributed by atoms with Crippen LogP contribution in [-0.4, -0.2) is 16.7 Å². The predicted molar refractivity (Wildman–Crippen MR) is 99.1 cm³/mol. The lowest BCUT2D eigenvalue weighted by Gasteiger charge is -2.08. The van der Waals surface area contributed by atoms with Crippen LogP contribution in [0.4, 0.5) is 0 Å². The van der Waals surface area contributed by atoms with E-state index in [1.807, 2.05) is 52.3 Å². The molecule has 0 saturated heterocycles. The molecule has 28 heavy (non-hydrogen) atoms. The van der Waals surface area contributed by atoms with Crippen molar-refractivity contribution in [2.45, 2.75) is 6.61 Å². The summed E-state index contributed by atoms with van der Waals surface area (Å²) in [5.74, 6) is -0.868. The van der Waals surface area contributed by atoms with Gasteiger partial charge in [0, 0.05) is 16.5 Å². The third kappa shape index (κ3) is 3.67. The van der Waals surface area contributed by atoms with Gasteiger partial charge in [0.15, 0.2) is 0 Å². The first-order chi connectivity index (χ1) is 13.5. The molecule has 1 aliphatic carbocycles. The minimum Gasteiger partial charge on any atom is -0.392 e. The zero-order valence-electron chi connectivity index (χ0n) is 14.6. The Hall–Kier alpha value is -4.16. The summed E-state index contributed by atoms with van der Waals surface area (Å²) in [6.07, 6.45) is 0. The van der Waals surface area contributed by atoms with Gasteiger partial charge < -0.3 is 5.11 Å². The molecule has 0 heterocycles. The number of nitrogens with zero attached hydrogens (tertiary/aromatic N) is 2. The third-order valence-corrected chi connectivity index (χ3v) is 4.17. The zero-order valence-corrected chi connectivity index (χ0v) is 14.6. The van der Waals surface area contributed by atoms with Crippen LogP contribution in [0.5, 0.6) is 0 Å². The highest BCUT2D eigenvalue weighted by Crippen LogP contribution is 2.37. The second kappa shape index (κ2) is 8.98. The van der Waals surface area contributed by atoms with Crippen molar-refractivity contribution < 1.29 is 14.7 Å². The summed E-state index contributed by atoms with van der Waals surface area (Å²) in [4.78, 5) is 28.6. The maximum Gasteiger partial charge on any atom is 0.234 e. The quantitative estimate of drug-likeness (QED) is 0.261. The summed E-state index contributed by atoms with van der Waals surface area (Å²) >= 11 is 0. The van der Waals surface area contributed by atoms with Crippen LogP contribution in [0.3, 0.4) is 0 Å². The van der Waals surface area contributed by atoms with Crippen molar-refractivity contribution in [2.24, 2.45) is 0 Å². The third-order valence-electron chi connectivity index (χ3n) is 4.17. The van der Waals surface area contributed by atoms with E-state index in [-0.39, 0.29) is 6.61 Å². The normalized spacial score (nSPS) is 10.9. The topological polar surface area (TPSA) is 178 Å². The number of carbonyl (C=O) groups is 2. The number of ketones is 2. The number of hydrogen-bond donors (Lipinski definition) is 5. The van der Waals surface area contributed by atoms with Gasteiger partial charge in [0.05, 0.1) is 6.61 Å². The highest BCUT2D eigenvalue weighted by atomic mass is 16.3. The first-order valence-electron chi connectivity index (χ1n) is 7.95. The summed E-state index contributed by atoms with van der Waals surface area (Å²) in [5.41, 5.74) is 25.4. The van der Waals surface area contributed by atoms with E-state index in [2.05, 4.69) is 0 Å². The van der Waals surface area contributed by atoms with E-state index in [4.69, 9.17) is 27.2 Å². The van der Waals surface area contributed by atoms with Crippen molar-refractivity contribution in [2.75, 3.05) is 0 Å². The molecule has 9 heteroatoms. The first kappa shape index (κ1) is 20.2. The van der Waals surface area contributed by atoms with Crippen molar-refractivity contribution in [1.29, 1.82) is 22.1 Å². The summed E-state index contributed by atoms with van der Waals surface area (Å²) in [7, 11) is 0. The molecule has 0 saturated carbocycles. The predicted octanol–water partition coefficient (Wildman–Crippen LogP) is 3.61. The van der Waals surface area contributed by atoms with E-state index in [0.29, 0.717) is 11.1 Å². The molecule has 0 unspecified atom stereocenters. The van der Waals surface area contributed by atoms with E-state index in [9.17, 15) is 9.59 Å². The van der Waals surface area contributed by atoms with Gasteiger partial charge in [0.1, 0.15) is 22.1 Å². The van der Waals surface area contributed by atoms with Crippen LogP contribution in [0.2, 0.25) is 0 Å². The standard InChI is InChI=1S/C19H12O3.2H2N3/c20-10-11-4-6-12(7-5-11)14-9-8-13-2-1-3-15-16(13)17(14)19(22)18(15)21;2*1-3-2/h1-9,20H,10H2;2*1-2H/q;2*+1. The molecule has 0 amide bonds. The number of aliphatic hydroxyl groups excluding tert-OH is 1. The van der Waals surface area contributed by atoms with Gasteiger partial charge in [0.25, 0.3) is 0 Å². The van der Waals surface area contributed by atoms with Gasteiger partial charge in [-0.1, -0.05) is 54.6 Å². The number of nitrogens with one attached hydrogen (secondary N) is 4. The Labute approximate surface area is 158 Å². The number of carbonyl (C=O) groups excluding carboxylic acids is 2. The average Bonchev–Trinajstić information content (AvgIpc) is 2.97. The highest BCUT2D eigenvalue weighted by Gasteiger charge is 2.32. The molecule has 0 fully saturated rings. The lowest BCUT2D eigenvalue weighted by molar-refractivity contribution is 0.0825. The van der Waals surface area contributed by atoms with Gasteiger partial charge in [-0.25, -0.2) is 0 Å². The zero-order chi connectivity index (χ0) is 20.7. The monoisotopic (exact) mass is 376 g/mol. The molecule has 0 aromatic heterocycles. The molecule has 9 nitrogen and oxygen atoms in total. The summed E-state index contributed by atoms with van der Waals surface area (Å²) in [5, 5.41) is 10.8. The molecular formula is C19H16N6O3+2. The maximum absolute atomic E-state index is 12.4. The molecule has 4 rings (SSSR count). The average molecular weight is 376 g/mol. The van der Waals surface area contributed by atoms with Crippen LogP contribution in [0, 0.1) is 22.1 Å². The molecule has 3 aromatic rings. The van der Waals surface area contributed by atoms with Gasteiger partial charge in [-0.2, -0.15) is 0 Å². The Morgan fingerprint density at radius 2 is 1.36 bits per heavy atom. The Balaban J connectivity index is 0.000000418. The summed E-state index contributed by atoms with van der Waals surface area (Å²) in [6, 6.07) is 16.6. The van der Waals surface area contributed by atoms with E-state index in [1.165, 1.54) is 0 Å². The number of benzene rings is 3. The van der Waals surface area contributed by atoms with Crippen LogP contribution in [0.25, 0.3) is 21.9 Å². The Morgan fingerprint density at radius 3 is 1.93 bits per heavy atom. The van der Waals surface area contributed by atoms with Crippen LogP contribution in [0.1, 0.15) is 26.3 Å². The van der Waals surface area contributed by atoms with E-state index >= 15 is 0 Å². The molecule has 0 atom stereocenters. The smallest absolute Gasteiger partial charge is 0.234 e. The molecule has 1 aliphatic rings. The van der Waals surface area contributed by atoms with Crippen LogP contribution >= 0.6 is 0 Å². The molecule has 5 N–H and O–H groups in total. The second-order valence-corrected chi connectivity index (χ2v) is 5.63. The molecule has 0 radical (unpaired) electrons. The Kier molecular flexibility index (Phi) is 6.46. The highest BCUT2D eigenvalue weighted by molar-refractivity contribution is 6.58. The molecule has 0 aliphatic heterocycles. The van der Waals surface area contributed by atoms with Crippen molar-refractivity contribution >= 4 is 22.3 Å². The van der Waals surface area contributed by atoms with Crippen molar-refractivity contribution in [3.05, 3.63) is 71.3 Å². The fourth-order valence-corrected chi connectivity index (χ4v) is 3.07. The molecule has 0 spiro atoms. The summed E-state index contributed by atoms with van der Waals surface area (Å²) < 4.78 is 0. The fourth-order valence-electron chi connectivity index (χ4n) is 3.07. The van der Waals surface area contributed by atoms with E-state index in [0.717, 1.165) is 27.5 Å². The molecule has 0 bridgehead atoms. The van der Waals surface area contributed by atoms with Gasteiger partial charge in [-0.3, -0.25) is 9.59 Å². The Bertz CT molecular complexity index is 1110. The van der Waals surface area contributed by atoms with Crippen LogP contribution in [0.15, 0.2) is 54.6 Å². The number of rotatable bonds is 2. The summed E-state index contributed by atoms with van der Waals surface area (Å²) in [6.45, 7) is -0.0214. The van der Waals surface area contributed by atoms with Crippen LogP contribution in [-0.2, 0) is 6.61 Å². The van der Waals surface area contributed by atoms with Gasteiger partial charge in [0.2, 0.25) is 21.4 Å². The van der Waals surface area contributed by atoms with Crippen molar-refractivity contribution in [3.8, 4) is 11.1 Å². The van der Waals surface area contributed by atoms with Crippen molar-refractivity contribution in [1.82, 2.24) is 9.82 Å². The second-order valence-electron chi connectivity index (χ2n) is 5.63. The van der Waals surface area contributed by atoms with Gasteiger partial charge >= 0.3 is 0 Å².